The molecule has 0 aliphatic heterocycles. The third-order valence-corrected chi connectivity index (χ3v) is 0.978. The van der Waals surface area contributed by atoms with Crippen molar-refractivity contribution in [3.05, 3.63) is 0 Å². The molecule has 3 heteroatoms. The lowest BCUT2D eigenvalue weighted by atomic mass is 10.2. The number of hydrogen-bond donors (Lipinski definition) is 0. The van der Waals surface area contributed by atoms with E-state index in [-0.39, 0.29) is 19.0 Å². The summed E-state index contributed by atoms with van der Waals surface area (Å²) in [6.45, 7) is 2.03. The quantitative estimate of drug-likeness (QED) is 0.404. The van der Waals surface area contributed by atoms with Gasteiger partial charge in [-0.2, -0.15) is 0 Å². The summed E-state index contributed by atoms with van der Waals surface area (Å²) in [5.74, 6) is 0.0596. The van der Waals surface area contributed by atoms with Crippen LogP contribution in [0.1, 0.15) is 19.8 Å². The Morgan fingerprint density at radius 1 is 1.60 bits per heavy atom. The smallest absolute Gasteiger partial charge is 0.158 e. The van der Waals surface area contributed by atoms with Gasteiger partial charge in [0, 0.05) is 6.42 Å². The van der Waals surface area contributed by atoms with Crippen LogP contribution in [0, 0.1) is 0 Å². The fourth-order valence-electron chi connectivity index (χ4n) is 0.572. The van der Waals surface area contributed by atoms with Gasteiger partial charge in [-0.3, -0.25) is 4.79 Å². The Hall–Kier alpha value is -0.700. The highest BCUT2D eigenvalue weighted by molar-refractivity contribution is 5.79. The topological polar surface area (TPSA) is 43.4 Å². The fraction of sp³-hybridized carbons (Fsp3) is 0.714. The van der Waals surface area contributed by atoms with E-state index in [0.717, 1.165) is 6.42 Å². The first-order valence-electron chi connectivity index (χ1n) is 3.34. The van der Waals surface area contributed by atoms with Crippen LogP contribution < -0.4 is 0 Å². The van der Waals surface area contributed by atoms with Gasteiger partial charge in [0.25, 0.3) is 0 Å². The molecule has 0 aliphatic rings. The second-order valence-electron chi connectivity index (χ2n) is 1.97. The van der Waals surface area contributed by atoms with E-state index in [2.05, 4.69) is 4.74 Å². The Morgan fingerprint density at radius 3 is 2.80 bits per heavy atom. The molecule has 58 valence electrons. The molecule has 0 spiro atoms. The Morgan fingerprint density at radius 2 is 2.30 bits per heavy atom. The normalized spacial score (nSPS) is 9.30. The number of ether oxygens (including phenoxy) is 1. The van der Waals surface area contributed by atoms with Crippen LogP contribution in [0.3, 0.4) is 0 Å². The first kappa shape index (κ1) is 9.30. The van der Waals surface area contributed by atoms with Crippen molar-refractivity contribution >= 4 is 12.1 Å². The zero-order valence-corrected chi connectivity index (χ0v) is 6.13. The van der Waals surface area contributed by atoms with Crippen molar-refractivity contribution in [1.82, 2.24) is 0 Å². The molecule has 0 saturated heterocycles. The van der Waals surface area contributed by atoms with Crippen molar-refractivity contribution in [1.29, 1.82) is 0 Å². The van der Waals surface area contributed by atoms with Crippen LogP contribution >= 0.6 is 0 Å². The summed E-state index contributed by atoms with van der Waals surface area (Å²) in [4.78, 5) is 20.4. The average molecular weight is 144 g/mol. The standard InChI is InChI=1S/C7H12O3/c1-2-3-7(9)6-10-5-4-8/h4H,2-3,5-6H2,1H3. The van der Waals surface area contributed by atoms with Crippen molar-refractivity contribution in [2.45, 2.75) is 19.8 Å². The first-order chi connectivity index (χ1) is 4.81. The van der Waals surface area contributed by atoms with Gasteiger partial charge in [0.05, 0.1) is 0 Å². The minimum absolute atomic E-state index is 0.0233. The monoisotopic (exact) mass is 144 g/mol. The maximum Gasteiger partial charge on any atom is 0.158 e. The highest BCUT2D eigenvalue weighted by Crippen LogP contribution is 1.88. The lowest BCUT2D eigenvalue weighted by Gasteiger charge is -1.96. The number of hydrogen-bond acceptors (Lipinski definition) is 3. The molecule has 0 N–H and O–H groups in total. The van der Waals surface area contributed by atoms with Crippen molar-refractivity contribution in [2.24, 2.45) is 0 Å². The Balaban J connectivity index is 3.13. The lowest BCUT2D eigenvalue weighted by molar-refractivity contribution is -0.125. The van der Waals surface area contributed by atoms with Crippen LogP contribution in [0.5, 0.6) is 0 Å². The van der Waals surface area contributed by atoms with E-state index in [1.54, 1.807) is 0 Å². The van der Waals surface area contributed by atoms with Gasteiger partial charge in [0.15, 0.2) is 5.78 Å². The number of carbonyl (C=O) groups is 2. The second-order valence-corrected chi connectivity index (χ2v) is 1.97. The molecule has 3 nitrogen and oxygen atoms in total. The van der Waals surface area contributed by atoms with E-state index in [4.69, 9.17) is 0 Å². The molecule has 0 fully saturated rings. The largest absolute Gasteiger partial charge is 0.366 e. The van der Waals surface area contributed by atoms with Gasteiger partial charge in [-0.1, -0.05) is 6.92 Å². The van der Waals surface area contributed by atoms with Crippen LogP contribution in [0.25, 0.3) is 0 Å². The van der Waals surface area contributed by atoms with Gasteiger partial charge in [-0.05, 0) is 6.42 Å². The molecule has 10 heavy (non-hydrogen) atoms. The molecule has 0 radical (unpaired) electrons. The van der Waals surface area contributed by atoms with Gasteiger partial charge >= 0.3 is 0 Å². The molecule has 0 aromatic carbocycles. The van der Waals surface area contributed by atoms with Gasteiger partial charge in [0.2, 0.25) is 0 Å². The van der Waals surface area contributed by atoms with Gasteiger partial charge in [-0.25, -0.2) is 0 Å². The van der Waals surface area contributed by atoms with E-state index in [0.29, 0.717) is 12.7 Å². The second kappa shape index (κ2) is 6.42. The Bertz CT molecular complexity index is 109. The van der Waals surface area contributed by atoms with Crippen LogP contribution in [-0.4, -0.2) is 25.3 Å². The van der Waals surface area contributed by atoms with Crippen molar-refractivity contribution in [2.75, 3.05) is 13.2 Å². The molecule has 0 bridgehead atoms. The summed E-state index contributed by atoms with van der Waals surface area (Å²) >= 11 is 0. The van der Waals surface area contributed by atoms with Crippen molar-refractivity contribution in [3.63, 3.8) is 0 Å². The molecule has 0 heterocycles. The van der Waals surface area contributed by atoms with Gasteiger partial charge in [0.1, 0.15) is 19.5 Å². The molecule has 0 saturated carbocycles. The highest BCUT2D eigenvalue weighted by atomic mass is 16.5. The zero-order chi connectivity index (χ0) is 7.82. The van der Waals surface area contributed by atoms with E-state index in [1.807, 2.05) is 6.92 Å². The molecule has 0 aromatic heterocycles. The molecule has 0 rings (SSSR count). The third-order valence-electron chi connectivity index (χ3n) is 0.978. The number of ketones is 1. The molecule has 0 amide bonds. The van der Waals surface area contributed by atoms with Crippen LogP contribution in [-0.2, 0) is 14.3 Å². The average Bonchev–Trinajstić information content (AvgIpc) is 1.89. The van der Waals surface area contributed by atoms with E-state index in [1.165, 1.54) is 0 Å². The number of aldehydes is 1. The minimum atomic E-state index is 0.0233. The third kappa shape index (κ3) is 5.44. The number of rotatable bonds is 6. The summed E-state index contributed by atoms with van der Waals surface area (Å²) in [6.07, 6.45) is 2.02. The summed E-state index contributed by atoms with van der Waals surface area (Å²) in [5, 5.41) is 0. The van der Waals surface area contributed by atoms with Crippen molar-refractivity contribution < 1.29 is 14.3 Å². The molecule has 0 atom stereocenters. The van der Waals surface area contributed by atoms with Crippen LogP contribution in [0.15, 0.2) is 0 Å². The Kier molecular flexibility index (Phi) is 5.97. The van der Waals surface area contributed by atoms with E-state index < -0.39 is 0 Å². The first-order valence-corrected chi connectivity index (χ1v) is 3.34. The van der Waals surface area contributed by atoms with E-state index >= 15 is 0 Å². The Labute approximate surface area is 60.4 Å². The van der Waals surface area contributed by atoms with Crippen molar-refractivity contribution in [3.8, 4) is 0 Å². The summed E-state index contributed by atoms with van der Waals surface area (Å²) in [6, 6.07) is 0. The predicted octanol–water partition coefficient (Wildman–Crippen LogP) is 0.571. The lowest BCUT2D eigenvalue weighted by Crippen LogP contribution is -2.08. The molecule has 0 aromatic rings. The maximum atomic E-state index is 10.7. The summed E-state index contributed by atoms with van der Waals surface area (Å²) < 4.78 is 4.68. The summed E-state index contributed by atoms with van der Waals surface area (Å²) in [7, 11) is 0. The molecular formula is C7H12O3. The predicted molar refractivity (Wildman–Crippen MR) is 36.8 cm³/mol. The van der Waals surface area contributed by atoms with Gasteiger partial charge < -0.3 is 9.53 Å². The molecule has 0 unspecified atom stereocenters. The zero-order valence-electron chi connectivity index (χ0n) is 6.13. The molecular weight excluding hydrogens is 132 g/mol. The van der Waals surface area contributed by atoms with Crippen LogP contribution in [0.2, 0.25) is 0 Å². The highest BCUT2D eigenvalue weighted by Gasteiger charge is 1.97. The maximum absolute atomic E-state index is 10.7. The minimum Gasteiger partial charge on any atom is -0.366 e. The number of Topliss-reactive ketones (excluding diaryl/α,β-unsaturated/α-hetero) is 1. The number of carbonyl (C=O) groups excluding carboxylic acids is 2. The summed E-state index contributed by atoms with van der Waals surface area (Å²) in [5.41, 5.74) is 0. The SMILES string of the molecule is CCCC(=O)COCC=O. The fourth-order valence-corrected chi connectivity index (χ4v) is 0.572. The van der Waals surface area contributed by atoms with Gasteiger partial charge in [-0.15, -0.1) is 0 Å². The van der Waals surface area contributed by atoms with E-state index in [9.17, 15) is 9.59 Å². The van der Waals surface area contributed by atoms with Crippen LogP contribution in [0.4, 0.5) is 0 Å². The molecule has 0 aliphatic carbocycles.